The average molecular weight is 584 g/mol. The smallest absolute Gasteiger partial charge is 0.254 e. The van der Waals surface area contributed by atoms with E-state index in [4.69, 9.17) is 23.2 Å². The Hall–Kier alpha value is -1.90. The first-order valence-corrected chi connectivity index (χ1v) is 13.5. The van der Waals surface area contributed by atoms with Gasteiger partial charge in [-0.2, -0.15) is 0 Å². The van der Waals surface area contributed by atoms with Gasteiger partial charge in [-0.25, -0.2) is 0 Å². The van der Waals surface area contributed by atoms with E-state index in [0.717, 1.165) is 10.5 Å². The number of likely N-dealkylation sites (tertiary alicyclic amines) is 2. The molecule has 10 heteroatoms. The molecule has 3 fully saturated rings. The molecule has 7 nitrogen and oxygen atoms in total. The van der Waals surface area contributed by atoms with Crippen LogP contribution in [0.15, 0.2) is 23.8 Å². The monoisotopic (exact) mass is 582 g/mol. The highest BCUT2D eigenvalue weighted by molar-refractivity contribution is 9.09. The fourth-order valence-electron chi connectivity index (χ4n) is 6.66. The summed E-state index contributed by atoms with van der Waals surface area (Å²) in [6.45, 7) is 5.52. The zero-order chi connectivity index (χ0) is 25.6. The van der Waals surface area contributed by atoms with Crippen LogP contribution in [-0.2, 0) is 19.2 Å². The second-order valence-corrected chi connectivity index (χ2v) is 11.7. The number of alkyl halides is 3. The van der Waals surface area contributed by atoms with Crippen LogP contribution in [0.5, 0.6) is 5.75 Å². The van der Waals surface area contributed by atoms with Crippen LogP contribution in [0.2, 0.25) is 0 Å². The molecule has 5 rings (SSSR count). The fourth-order valence-corrected chi connectivity index (χ4v) is 8.09. The van der Waals surface area contributed by atoms with Crippen molar-refractivity contribution in [1.29, 1.82) is 0 Å². The van der Waals surface area contributed by atoms with Gasteiger partial charge in [-0.3, -0.25) is 29.0 Å². The van der Waals surface area contributed by atoms with Crippen molar-refractivity contribution in [3.63, 3.8) is 0 Å². The third-order valence-electron chi connectivity index (χ3n) is 8.27. The number of nitrogens with zero attached hydrogens (tertiary/aromatic N) is 2. The first-order chi connectivity index (χ1) is 16.4. The minimum absolute atomic E-state index is 0.0255. The van der Waals surface area contributed by atoms with E-state index in [1.165, 1.54) is 4.90 Å². The maximum absolute atomic E-state index is 13.7. The molecule has 2 aliphatic heterocycles. The SMILES string of the molecule is CCN1C(=O)[C@H]2[C@H](CC=C3[C@H]2C[C@@]2(Cl)C(=O)N(CBr)C(=O)[C@@]2(Cl)[C@H]3c2cc(C)c(O)c(C)c2)C1=O. The van der Waals surface area contributed by atoms with Crippen LogP contribution in [0.4, 0.5) is 0 Å². The van der Waals surface area contributed by atoms with Crippen molar-refractivity contribution in [3.05, 3.63) is 40.5 Å². The van der Waals surface area contributed by atoms with Crippen LogP contribution >= 0.6 is 39.1 Å². The van der Waals surface area contributed by atoms with E-state index in [1.54, 1.807) is 32.9 Å². The van der Waals surface area contributed by atoms with Gasteiger partial charge >= 0.3 is 0 Å². The Balaban J connectivity index is 1.76. The van der Waals surface area contributed by atoms with Crippen molar-refractivity contribution in [2.75, 3.05) is 12.0 Å². The number of fused-ring (bicyclic) bond motifs is 4. The van der Waals surface area contributed by atoms with Crippen LogP contribution in [-0.4, -0.2) is 60.3 Å². The maximum atomic E-state index is 13.7. The van der Waals surface area contributed by atoms with E-state index in [2.05, 4.69) is 15.9 Å². The third kappa shape index (κ3) is 2.96. The van der Waals surface area contributed by atoms with Gasteiger partial charge in [0, 0.05) is 12.5 Å². The summed E-state index contributed by atoms with van der Waals surface area (Å²) in [4.78, 5) is 52.2. The standard InChI is InChI=1S/C25H25BrCl2N2O5/c1-4-29-20(32)15-6-5-14-16(17(15)21(29)33)9-24(27)22(34)30(10-26)23(35)25(24,28)18(14)13-7-11(2)19(31)12(3)8-13/h5,7-8,15-18,31H,4,6,9-10H2,1-3H3/t15-,16+,17-,18-,24+,25-/m0/s1. The molecule has 35 heavy (non-hydrogen) atoms. The summed E-state index contributed by atoms with van der Waals surface area (Å²) in [5.41, 5.74) is 2.50. The van der Waals surface area contributed by atoms with Gasteiger partial charge in [0.2, 0.25) is 11.8 Å². The summed E-state index contributed by atoms with van der Waals surface area (Å²) < 4.78 is 0. The number of carbonyl (C=O) groups excluding carboxylic acids is 4. The highest BCUT2D eigenvalue weighted by atomic mass is 79.9. The van der Waals surface area contributed by atoms with Gasteiger partial charge in [-0.05, 0) is 56.2 Å². The van der Waals surface area contributed by atoms with Gasteiger partial charge in [-0.1, -0.05) is 39.7 Å². The van der Waals surface area contributed by atoms with Crippen LogP contribution in [0.3, 0.4) is 0 Å². The number of halogens is 3. The Bertz CT molecular complexity index is 1210. The third-order valence-corrected chi connectivity index (χ3v) is 10.2. The Morgan fingerprint density at radius 1 is 1.03 bits per heavy atom. The molecule has 2 saturated heterocycles. The first-order valence-electron chi connectivity index (χ1n) is 11.6. The second kappa shape index (κ2) is 8.05. The molecule has 2 heterocycles. The van der Waals surface area contributed by atoms with Crippen LogP contribution in [0, 0.1) is 31.6 Å². The van der Waals surface area contributed by atoms with Crippen molar-refractivity contribution in [2.24, 2.45) is 17.8 Å². The lowest BCUT2D eigenvalue weighted by Gasteiger charge is -2.51. The molecule has 2 aliphatic carbocycles. The van der Waals surface area contributed by atoms with Crippen LogP contribution < -0.4 is 0 Å². The Labute approximate surface area is 221 Å². The van der Waals surface area contributed by atoms with Gasteiger partial charge in [0.05, 0.1) is 17.3 Å². The molecule has 0 bridgehead atoms. The summed E-state index contributed by atoms with van der Waals surface area (Å²) in [6.07, 6.45) is 2.23. The molecular formula is C25H25BrCl2N2O5. The molecule has 0 aromatic heterocycles. The number of aryl methyl sites for hydroxylation is 2. The Morgan fingerprint density at radius 3 is 2.23 bits per heavy atom. The lowest BCUT2D eigenvalue weighted by atomic mass is 9.56. The topological polar surface area (TPSA) is 95.0 Å². The summed E-state index contributed by atoms with van der Waals surface area (Å²) >= 11 is 17.6. The summed E-state index contributed by atoms with van der Waals surface area (Å²) in [7, 11) is 0. The highest BCUT2D eigenvalue weighted by Crippen LogP contribution is 2.65. The number of amides is 4. The molecule has 4 aliphatic rings. The number of hydrogen-bond donors (Lipinski definition) is 1. The lowest BCUT2D eigenvalue weighted by molar-refractivity contribution is -0.141. The molecule has 0 unspecified atom stereocenters. The Morgan fingerprint density at radius 2 is 1.66 bits per heavy atom. The fraction of sp³-hybridized carbons (Fsp3) is 0.520. The van der Waals surface area contributed by atoms with Gasteiger partial charge in [0.15, 0.2) is 9.75 Å². The molecule has 0 spiro atoms. The number of aromatic hydroxyl groups is 1. The highest BCUT2D eigenvalue weighted by Gasteiger charge is 2.76. The van der Waals surface area contributed by atoms with E-state index >= 15 is 0 Å². The van der Waals surface area contributed by atoms with E-state index in [-0.39, 0.29) is 36.0 Å². The normalized spacial score (nSPS) is 36.3. The van der Waals surface area contributed by atoms with Gasteiger partial charge < -0.3 is 5.11 Å². The summed E-state index contributed by atoms with van der Waals surface area (Å²) in [5.74, 6) is -4.11. The van der Waals surface area contributed by atoms with Crippen LogP contribution in [0.1, 0.15) is 42.4 Å². The maximum Gasteiger partial charge on any atom is 0.254 e. The number of carbonyl (C=O) groups is 4. The minimum Gasteiger partial charge on any atom is -0.507 e. The summed E-state index contributed by atoms with van der Waals surface area (Å²) in [5, 5.41) is 10.4. The largest absolute Gasteiger partial charge is 0.507 e. The van der Waals surface area contributed by atoms with Crippen molar-refractivity contribution in [2.45, 2.75) is 49.3 Å². The lowest BCUT2D eigenvalue weighted by Crippen LogP contribution is -2.60. The number of benzene rings is 1. The van der Waals surface area contributed by atoms with Crippen molar-refractivity contribution in [1.82, 2.24) is 9.80 Å². The Kier molecular flexibility index (Phi) is 5.70. The molecule has 0 radical (unpaired) electrons. The molecule has 186 valence electrons. The van der Waals surface area contributed by atoms with Gasteiger partial charge in [0.25, 0.3) is 11.8 Å². The molecular weight excluding hydrogens is 559 g/mol. The molecule has 1 N–H and O–H groups in total. The zero-order valence-electron chi connectivity index (χ0n) is 19.5. The van der Waals surface area contributed by atoms with Crippen LogP contribution in [0.25, 0.3) is 0 Å². The number of hydrogen-bond acceptors (Lipinski definition) is 5. The van der Waals surface area contributed by atoms with Crippen molar-refractivity contribution >= 4 is 62.8 Å². The van der Waals surface area contributed by atoms with Crippen molar-refractivity contribution < 1.29 is 24.3 Å². The number of phenols is 1. The van der Waals surface area contributed by atoms with E-state index in [1.807, 2.05) is 6.08 Å². The summed E-state index contributed by atoms with van der Waals surface area (Å²) in [6, 6.07) is 3.50. The van der Waals surface area contributed by atoms with E-state index in [0.29, 0.717) is 23.1 Å². The van der Waals surface area contributed by atoms with E-state index in [9.17, 15) is 24.3 Å². The number of phenolic OH excluding ortho intramolecular Hbond substituents is 1. The van der Waals surface area contributed by atoms with Gasteiger partial charge in [0.1, 0.15) is 5.75 Å². The molecule has 1 saturated carbocycles. The van der Waals surface area contributed by atoms with Crippen molar-refractivity contribution in [3.8, 4) is 5.75 Å². The minimum atomic E-state index is -1.83. The quantitative estimate of drug-likeness (QED) is 0.253. The molecule has 1 aromatic carbocycles. The second-order valence-electron chi connectivity index (χ2n) is 9.91. The zero-order valence-corrected chi connectivity index (χ0v) is 22.6. The van der Waals surface area contributed by atoms with E-state index < -0.39 is 45.2 Å². The first kappa shape index (κ1) is 24.8. The predicted octanol–water partition coefficient (Wildman–Crippen LogP) is 3.74. The number of rotatable bonds is 3. The number of imide groups is 2. The number of allylic oxidation sites excluding steroid dienone is 2. The van der Waals surface area contributed by atoms with Gasteiger partial charge in [-0.15, -0.1) is 23.2 Å². The average Bonchev–Trinajstić information content (AvgIpc) is 3.14. The molecule has 6 atom stereocenters. The molecule has 4 amide bonds. The molecule has 1 aromatic rings. The predicted molar refractivity (Wildman–Crippen MR) is 133 cm³/mol.